The van der Waals surface area contributed by atoms with E-state index in [9.17, 15) is 9.59 Å². The van der Waals surface area contributed by atoms with Crippen molar-refractivity contribution >= 4 is 11.8 Å². The Bertz CT molecular complexity index is 228. The van der Waals surface area contributed by atoms with E-state index in [-0.39, 0.29) is 17.9 Å². The third kappa shape index (κ3) is 2.54. The predicted molar refractivity (Wildman–Crippen MR) is 53.7 cm³/mol. The van der Waals surface area contributed by atoms with Gasteiger partial charge in [0.15, 0.2) is 0 Å². The topological polar surface area (TPSA) is 49.4 Å². The van der Waals surface area contributed by atoms with Crippen molar-refractivity contribution in [1.29, 1.82) is 0 Å². The molecule has 1 N–H and O–H groups in total. The fraction of sp³-hybridized carbons (Fsp3) is 0.800. The van der Waals surface area contributed by atoms with Gasteiger partial charge in [0.1, 0.15) is 0 Å². The van der Waals surface area contributed by atoms with E-state index in [0.29, 0.717) is 6.42 Å². The monoisotopic (exact) mass is 198 g/mol. The summed E-state index contributed by atoms with van der Waals surface area (Å²) in [6.07, 6.45) is 3.72. The maximum atomic E-state index is 11.4. The summed E-state index contributed by atoms with van der Waals surface area (Å²) >= 11 is 0. The lowest BCUT2D eigenvalue weighted by atomic mass is 10.2. The summed E-state index contributed by atoms with van der Waals surface area (Å²) < 4.78 is 0. The minimum atomic E-state index is -0.274. The van der Waals surface area contributed by atoms with Crippen LogP contribution in [0.3, 0.4) is 0 Å². The van der Waals surface area contributed by atoms with E-state index in [1.165, 1.54) is 11.3 Å². The number of nitrogens with zero attached hydrogens (tertiary/aromatic N) is 1. The summed E-state index contributed by atoms with van der Waals surface area (Å²) in [5.74, 6) is -0.172. The van der Waals surface area contributed by atoms with Gasteiger partial charge in [0, 0.05) is 7.05 Å². The Morgan fingerprint density at radius 2 is 2.14 bits per heavy atom. The van der Waals surface area contributed by atoms with Crippen LogP contribution in [0.25, 0.3) is 0 Å². The van der Waals surface area contributed by atoms with Gasteiger partial charge >= 0.3 is 0 Å². The Kier molecular flexibility index (Phi) is 4.07. The van der Waals surface area contributed by atoms with Crippen LogP contribution >= 0.6 is 0 Å². The smallest absolute Gasteiger partial charge is 0.246 e. The van der Waals surface area contributed by atoms with Crippen LogP contribution in [0.4, 0.5) is 0 Å². The summed E-state index contributed by atoms with van der Waals surface area (Å²) in [5.41, 5.74) is 0. The molecule has 0 spiro atoms. The molecule has 14 heavy (non-hydrogen) atoms. The molecule has 1 aliphatic rings. The second kappa shape index (κ2) is 5.10. The molecule has 1 aliphatic heterocycles. The highest BCUT2D eigenvalue weighted by atomic mass is 16.2. The molecule has 80 valence electrons. The molecule has 4 nitrogen and oxygen atoms in total. The number of imide groups is 1. The molecule has 0 saturated carbocycles. The molecule has 0 aromatic rings. The van der Waals surface area contributed by atoms with Crippen LogP contribution in [0.15, 0.2) is 0 Å². The van der Waals surface area contributed by atoms with Crippen LogP contribution in [0.5, 0.6) is 0 Å². The zero-order valence-corrected chi connectivity index (χ0v) is 8.88. The van der Waals surface area contributed by atoms with E-state index in [2.05, 4.69) is 12.2 Å². The van der Waals surface area contributed by atoms with E-state index in [1.807, 2.05) is 0 Å². The molecule has 0 aromatic carbocycles. The highest BCUT2D eigenvalue weighted by Crippen LogP contribution is 2.10. The number of hydrogen-bond acceptors (Lipinski definition) is 3. The third-order valence-corrected chi connectivity index (χ3v) is 2.55. The van der Waals surface area contributed by atoms with Crippen LogP contribution in [-0.2, 0) is 9.59 Å². The van der Waals surface area contributed by atoms with Crippen molar-refractivity contribution in [2.45, 2.75) is 38.6 Å². The second-order valence-corrected chi connectivity index (χ2v) is 3.71. The molecule has 4 heteroatoms. The van der Waals surface area contributed by atoms with Gasteiger partial charge in [0.2, 0.25) is 11.8 Å². The van der Waals surface area contributed by atoms with Gasteiger partial charge in [-0.3, -0.25) is 14.5 Å². The van der Waals surface area contributed by atoms with Crippen LogP contribution in [0, 0.1) is 0 Å². The minimum Gasteiger partial charge on any atom is -0.305 e. The van der Waals surface area contributed by atoms with Crippen LogP contribution in [-0.4, -0.2) is 36.3 Å². The Labute approximate surface area is 84.7 Å². The SMILES string of the molecule is CCCCCNC1CC(=O)N(C)C1=O. The number of nitrogens with one attached hydrogen (secondary N) is 1. The Morgan fingerprint density at radius 3 is 2.64 bits per heavy atom. The standard InChI is InChI=1S/C10H18N2O2/c1-3-4-5-6-11-8-7-9(13)12(2)10(8)14/h8,11H,3-7H2,1-2H3. The predicted octanol–water partition coefficient (Wildman–Crippen LogP) is 0.523. The first-order valence-corrected chi connectivity index (χ1v) is 5.20. The lowest BCUT2D eigenvalue weighted by Crippen LogP contribution is -2.37. The molecule has 1 rings (SSSR count). The van der Waals surface area contributed by atoms with E-state index in [4.69, 9.17) is 0 Å². The quantitative estimate of drug-likeness (QED) is 0.517. The third-order valence-electron chi connectivity index (χ3n) is 2.55. The van der Waals surface area contributed by atoms with Gasteiger partial charge in [-0.15, -0.1) is 0 Å². The van der Waals surface area contributed by atoms with Gasteiger partial charge in [0.25, 0.3) is 0 Å². The molecule has 0 bridgehead atoms. The summed E-state index contributed by atoms with van der Waals surface area (Å²) in [7, 11) is 1.54. The maximum absolute atomic E-state index is 11.4. The lowest BCUT2D eigenvalue weighted by molar-refractivity contribution is -0.137. The van der Waals surface area contributed by atoms with Gasteiger partial charge in [0.05, 0.1) is 12.5 Å². The van der Waals surface area contributed by atoms with Crippen LogP contribution in [0.2, 0.25) is 0 Å². The van der Waals surface area contributed by atoms with Crippen LogP contribution < -0.4 is 5.32 Å². The number of amides is 2. The Hall–Kier alpha value is -0.900. The summed E-state index contributed by atoms with van der Waals surface area (Å²) in [4.78, 5) is 23.8. The molecule has 1 atom stereocenters. The first-order chi connectivity index (χ1) is 6.66. The maximum Gasteiger partial charge on any atom is 0.246 e. The van der Waals surface area contributed by atoms with Gasteiger partial charge < -0.3 is 5.32 Å². The van der Waals surface area contributed by atoms with Crippen molar-refractivity contribution in [1.82, 2.24) is 10.2 Å². The highest BCUT2D eigenvalue weighted by molar-refractivity contribution is 6.05. The largest absolute Gasteiger partial charge is 0.305 e. The molecule has 2 amide bonds. The number of carbonyl (C=O) groups is 2. The zero-order valence-electron chi connectivity index (χ0n) is 8.88. The number of likely N-dealkylation sites (tertiary alicyclic amines) is 1. The Morgan fingerprint density at radius 1 is 1.43 bits per heavy atom. The van der Waals surface area contributed by atoms with Gasteiger partial charge in [-0.2, -0.15) is 0 Å². The fourth-order valence-corrected chi connectivity index (χ4v) is 1.57. The van der Waals surface area contributed by atoms with Crippen molar-refractivity contribution in [2.24, 2.45) is 0 Å². The average Bonchev–Trinajstić information content (AvgIpc) is 2.41. The van der Waals surface area contributed by atoms with Gasteiger partial charge in [-0.25, -0.2) is 0 Å². The van der Waals surface area contributed by atoms with Crippen molar-refractivity contribution in [3.8, 4) is 0 Å². The molecular formula is C10H18N2O2. The van der Waals surface area contributed by atoms with Crippen molar-refractivity contribution in [3.05, 3.63) is 0 Å². The number of likely N-dealkylation sites (N-methyl/N-ethyl adjacent to an activating group) is 1. The van der Waals surface area contributed by atoms with E-state index >= 15 is 0 Å². The average molecular weight is 198 g/mol. The van der Waals surface area contributed by atoms with Gasteiger partial charge in [-0.1, -0.05) is 19.8 Å². The zero-order chi connectivity index (χ0) is 10.6. The summed E-state index contributed by atoms with van der Waals surface area (Å²) in [6, 6.07) is -0.274. The highest BCUT2D eigenvalue weighted by Gasteiger charge is 2.35. The summed E-state index contributed by atoms with van der Waals surface area (Å²) in [5, 5.41) is 3.11. The normalized spacial score (nSPS) is 22.1. The number of rotatable bonds is 5. The number of unbranched alkanes of at least 4 members (excludes halogenated alkanes) is 2. The van der Waals surface area contributed by atoms with Crippen molar-refractivity contribution in [3.63, 3.8) is 0 Å². The van der Waals surface area contributed by atoms with Gasteiger partial charge in [-0.05, 0) is 13.0 Å². The minimum absolute atomic E-state index is 0.0806. The number of carbonyl (C=O) groups excluding carboxylic acids is 2. The van der Waals surface area contributed by atoms with Crippen molar-refractivity contribution < 1.29 is 9.59 Å². The van der Waals surface area contributed by atoms with Crippen LogP contribution in [0.1, 0.15) is 32.6 Å². The molecule has 1 fully saturated rings. The lowest BCUT2D eigenvalue weighted by Gasteiger charge is -2.10. The molecule has 1 heterocycles. The first kappa shape index (κ1) is 11.2. The fourth-order valence-electron chi connectivity index (χ4n) is 1.57. The van der Waals surface area contributed by atoms with E-state index < -0.39 is 0 Å². The molecule has 1 unspecified atom stereocenters. The molecule has 0 aromatic heterocycles. The first-order valence-electron chi connectivity index (χ1n) is 5.20. The summed E-state index contributed by atoms with van der Waals surface area (Å²) in [6.45, 7) is 2.96. The van der Waals surface area contributed by atoms with E-state index in [0.717, 1.165) is 19.4 Å². The Balaban J connectivity index is 2.26. The van der Waals surface area contributed by atoms with E-state index in [1.54, 1.807) is 7.05 Å². The van der Waals surface area contributed by atoms with Crippen molar-refractivity contribution in [2.75, 3.05) is 13.6 Å². The second-order valence-electron chi connectivity index (χ2n) is 3.71. The molecule has 0 radical (unpaired) electrons. The number of hydrogen-bond donors (Lipinski definition) is 1. The molecular weight excluding hydrogens is 180 g/mol. The molecule has 0 aliphatic carbocycles. The molecule has 1 saturated heterocycles.